The largest absolute Gasteiger partial charge is 0.293 e. The number of Topliss-reactive ketones (excluding diaryl/α,β-unsaturated/α-hetero) is 1. The fourth-order valence-corrected chi connectivity index (χ4v) is 3.98. The molecule has 0 aromatic rings. The highest BCUT2D eigenvalue weighted by molar-refractivity contribution is 7.92. The summed E-state index contributed by atoms with van der Waals surface area (Å²) in [6, 6.07) is 0. The first-order chi connectivity index (χ1) is 8.32. The summed E-state index contributed by atoms with van der Waals surface area (Å²) in [6.07, 6.45) is 4.71. The fourth-order valence-electron chi connectivity index (χ4n) is 2.41. The first-order valence-electron chi connectivity index (χ1n) is 6.41. The summed E-state index contributed by atoms with van der Waals surface area (Å²) in [4.78, 5) is 12.1. The van der Waals surface area contributed by atoms with E-state index in [0.29, 0.717) is 0 Å². The third-order valence-corrected chi connectivity index (χ3v) is 4.97. The molecule has 18 heavy (non-hydrogen) atoms. The third kappa shape index (κ3) is 3.31. The van der Waals surface area contributed by atoms with Gasteiger partial charge in [-0.05, 0) is 24.8 Å². The minimum atomic E-state index is -3.25. The topological polar surface area (TPSA) is 51.2 Å². The summed E-state index contributed by atoms with van der Waals surface area (Å²) < 4.78 is 23.5. The van der Waals surface area contributed by atoms with E-state index in [1.807, 2.05) is 39.8 Å². The van der Waals surface area contributed by atoms with Crippen molar-refractivity contribution in [1.82, 2.24) is 0 Å². The van der Waals surface area contributed by atoms with Crippen molar-refractivity contribution in [3.05, 3.63) is 23.3 Å². The van der Waals surface area contributed by atoms with Crippen molar-refractivity contribution in [2.24, 2.45) is 11.8 Å². The van der Waals surface area contributed by atoms with Gasteiger partial charge in [-0.15, -0.1) is 0 Å². The second-order valence-corrected chi connectivity index (χ2v) is 7.08. The Morgan fingerprint density at radius 2 is 1.89 bits per heavy atom. The Labute approximate surface area is 110 Å². The number of sulfone groups is 1. The predicted octanol–water partition coefficient (Wildman–Crippen LogP) is 2.54. The Hall–Kier alpha value is -0.900. The fraction of sp³-hybridized carbons (Fsp3) is 0.643. The summed E-state index contributed by atoms with van der Waals surface area (Å²) in [7, 11) is -3.25. The molecule has 1 aliphatic heterocycles. The predicted molar refractivity (Wildman–Crippen MR) is 74.1 cm³/mol. The van der Waals surface area contributed by atoms with Crippen LogP contribution in [0.25, 0.3) is 0 Å². The molecular formula is C14H22O3S. The lowest BCUT2D eigenvalue weighted by Crippen LogP contribution is -2.32. The van der Waals surface area contributed by atoms with E-state index in [1.165, 1.54) is 0 Å². The van der Waals surface area contributed by atoms with Gasteiger partial charge >= 0.3 is 0 Å². The lowest BCUT2D eigenvalue weighted by molar-refractivity contribution is -0.113. The van der Waals surface area contributed by atoms with Gasteiger partial charge in [0.2, 0.25) is 0 Å². The van der Waals surface area contributed by atoms with Crippen molar-refractivity contribution in [3.63, 3.8) is 0 Å². The van der Waals surface area contributed by atoms with Gasteiger partial charge in [0.15, 0.2) is 15.6 Å². The van der Waals surface area contributed by atoms with E-state index in [9.17, 15) is 13.2 Å². The van der Waals surface area contributed by atoms with Gasteiger partial charge in [0.1, 0.15) is 5.75 Å². The molecule has 0 bridgehead atoms. The van der Waals surface area contributed by atoms with Crippen molar-refractivity contribution in [2.75, 3.05) is 11.5 Å². The van der Waals surface area contributed by atoms with E-state index in [1.54, 1.807) is 0 Å². The van der Waals surface area contributed by atoms with Gasteiger partial charge < -0.3 is 0 Å². The molecule has 0 aromatic carbocycles. The van der Waals surface area contributed by atoms with Gasteiger partial charge in [-0.3, -0.25) is 4.79 Å². The van der Waals surface area contributed by atoms with Crippen molar-refractivity contribution in [3.8, 4) is 0 Å². The van der Waals surface area contributed by atoms with Crippen molar-refractivity contribution in [1.29, 1.82) is 0 Å². The molecule has 1 rings (SSSR count). The van der Waals surface area contributed by atoms with Crippen LogP contribution in [-0.2, 0) is 14.6 Å². The Bertz CT molecular complexity index is 483. The van der Waals surface area contributed by atoms with Crippen LogP contribution in [0.2, 0.25) is 0 Å². The van der Waals surface area contributed by atoms with E-state index in [2.05, 4.69) is 0 Å². The smallest absolute Gasteiger partial charge is 0.174 e. The summed E-state index contributed by atoms with van der Waals surface area (Å²) in [5.74, 6) is -0.356. The minimum Gasteiger partial charge on any atom is -0.293 e. The van der Waals surface area contributed by atoms with E-state index < -0.39 is 9.84 Å². The Balaban J connectivity index is 3.32. The lowest BCUT2D eigenvalue weighted by Gasteiger charge is -2.26. The summed E-state index contributed by atoms with van der Waals surface area (Å²) in [5, 5.41) is 0. The SMILES string of the molecule is CC=CC(C)C1=C(C(C)CC)CS(=O)(=O)CC1=O. The van der Waals surface area contributed by atoms with E-state index in [-0.39, 0.29) is 29.1 Å². The third-order valence-electron chi connectivity index (χ3n) is 3.52. The maximum absolute atomic E-state index is 12.1. The molecule has 0 amide bonds. The van der Waals surface area contributed by atoms with Crippen LogP contribution < -0.4 is 0 Å². The highest BCUT2D eigenvalue weighted by atomic mass is 32.2. The number of carbonyl (C=O) groups excluding carboxylic acids is 1. The zero-order chi connectivity index (χ0) is 13.9. The summed E-state index contributed by atoms with van der Waals surface area (Å²) >= 11 is 0. The number of hydrogen-bond donors (Lipinski definition) is 0. The van der Waals surface area contributed by atoms with Crippen LogP contribution in [-0.4, -0.2) is 25.7 Å². The number of ketones is 1. The molecule has 0 aromatic heterocycles. The van der Waals surface area contributed by atoms with E-state index >= 15 is 0 Å². The molecule has 2 atom stereocenters. The molecule has 0 spiro atoms. The minimum absolute atomic E-state index is 0.00185. The van der Waals surface area contributed by atoms with Crippen LogP contribution in [0.5, 0.6) is 0 Å². The van der Waals surface area contributed by atoms with Crippen LogP contribution in [0.15, 0.2) is 23.3 Å². The van der Waals surface area contributed by atoms with Gasteiger partial charge in [0.05, 0.1) is 5.75 Å². The molecule has 3 nitrogen and oxygen atoms in total. The van der Waals surface area contributed by atoms with E-state index in [0.717, 1.165) is 17.6 Å². The molecule has 102 valence electrons. The number of allylic oxidation sites excluding steroid dienone is 3. The lowest BCUT2D eigenvalue weighted by atomic mass is 9.86. The molecule has 0 saturated heterocycles. The van der Waals surface area contributed by atoms with Gasteiger partial charge in [0, 0.05) is 11.5 Å². The van der Waals surface area contributed by atoms with E-state index in [4.69, 9.17) is 0 Å². The maximum Gasteiger partial charge on any atom is 0.174 e. The average Bonchev–Trinajstić information content (AvgIpc) is 2.25. The van der Waals surface area contributed by atoms with Crippen LogP contribution >= 0.6 is 0 Å². The first-order valence-corrected chi connectivity index (χ1v) is 8.23. The molecule has 4 heteroatoms. The molecule has 1 heterocycles. The van der Waals surface area contributed by atoms with Crippen LogP contribution in [0.1, 0.15) is 34.1 Å². The Kier molecular flexibility index (Phi) is 4.91. The van der Waals surface area contributed by atoms with Crippen molar-refractivity contribution < 1.29 is 13.2 Å². The molecule has 2 unspecified atom stereocenters. The van der Waals surface area contributed by atoms with Gasteiger partial charge in [-0.25, -0.2) is 8.42 Å². The van der Waals surface area contributed by atoms with Crippen LogP contribution in [0.3, 0.4) is 0 Å². The zero-order valence-electron chi connectivity index (χ0n) is 11.6. The maximum atomic E-state index is 12.1. The molecule has 0 N–H and O–H groups in total. The second-order valence-electron chi connectivity index (χ2n) is 5.02. The van der Waals surface area contributed by atoms with Crippen molar-refractivity contribution >= 4 is 15.6 Å². The quantitative estimate of drug-likeness (QED) is 0.738. The molecular weight excluding hydrogens is 248 g/mol. The van der Waals surface area contributed by atoms with Gasteiger partial charge in [-0.2, -0.15) is 0 Å². The number of rotatable bonds is 4. The highest BCUT2D eigenvalue weighted by Crippen LogP contribution is 2.30. The summed E-state index contributed by atoms with van der Waals surface area (Å²) in [6.45, 7) is 7.87. The Morgan fingerprint density at radius 1 is 1.28 bits per heavy atom. The van der Waals surface area contributed by atoms with Gasteiger partial charge in [-0.1, -0.05) is 32.9 Å². The molecule has 0 fully saturated rings. The number of hydrogen-bond acceptors (Lipinski definition) is 3. The molecule has 0 saturated carbocycles. The standard InChI is InChI=1S/C14H22O3S/c1-5-7-11(4)14-12(10(3)6-2)8-18(16,17)9-13(14)15/h5,7,10-11H,6,8-9H2,1-4H3. The summed E-state index contributed by atoms with van der Waals surface area (Å²) in [5.41, 5.74) is 1.54. The average molecular weight is 270 g/mol. The molecule has 0 aliphatic carbocycles. The van der Waals surface area contributed by atoms with Crippen LogP contribution in [0, 0.1) is 11.8 Å². The Morgan fingerprint density at radius 3 is 2.39 bits per heavy atom. The molecule has 0 radical (unpaired) electrons. The first kappa shape index (κ1) is 15.2. The zero-order valence-corrected chi connectivity index (χ0v) is 12.4. The second kappa shape index (κ2) is 5.83. The highest BCUT2D eigenvalue weighted by Gasteiger charge is 2.33. The number of carbonyl (C=O) groups is 1. The molecule has 1 aliphatic rings. The van der Waals surface area contributed by atoms with Crippen LogP contribution in [0.4, 0.5) is 0 Å². The monoisotopic (exact) mass is 270 g/mol. The van der Waals surface area contributed by atoms with Gasteiger partial charge in [0.25, 0.3) is 0 Å². The van der Waals surface area contributed by atoms with Crippen molar-refractivity contribution in [2.45, 2.75) is 34.1 Å². The normalized spacial score (nSPS) is 23.4.